The topological polar surface area (TPSA) is 50.8 Å². The standard InChI is InChI=1S/C18H22N2O3S/c1-22-15-10-6-7-12(16(15)23-2)11-14-17(21)20(18(24)19-14)13-8-4-3-5-9-13/h6-7,10-11,13H,3-5,8-9H2,1-2H3,(H,19,24)/b14-11+. The fraction of sp³-hybridized carbons (Fsp3) is 0.444. The fourth-order valence-corrected chi connectivity index (χ4v) is 3.74. The second-order valence-electron chi connectivity index (χ2n) is 6.04. The Bertz CT molecular complexity index is 681. The second-order valence-corrected chi connectivity index (χ2v) is 6.42. The van der Waals surface area contributed by atoms with Gasteiger partial charge < -0.3 is 14.8 Å². The number of benzene rings is 1. The van der Waals surface area contributed by atoms with Crippen LogP contribution in [0, 0.1) is 0 Å². The maximum atomic E-state index is 12.8. The van der Waals surface area contributed by atoms with Crippen molar-refractivity contribution in [3.8, 4) is 11.5 Å². The number of hydrogen-bond donors (Lipinski definition) is 1. The van der Waals surface area contributed by atoms with Gasteiger partial charge in [0.25, 0.3) is 5.91 Å². The van der Waals surface area contributed by atoms with Crippen LogP contribution in [-0.2, 0) is 4.79 Å². The quantitative estimate of drug-likeness (QED) is 0.671. The Morgan fingerprint density at radius 3 is 2.62 bits per heavy atom. The van der Waals surface area contributed by atoms with Crippen molar-refractivity contribution >= 4 is 29.3 Å². The van der Waals surface area contributed by atoms with Crippen LogP contribution in [0.15, 0.2) is 23.9 Å². The molecule has 3 rings (SSSR count). The SMILES string of the molecule is COc1cccc(/C=C2/NC(=S)N(C3CCCCC3)C2=O)c1OC. The van der Waals surface area contributed by atoms with E-state index in [1.165, 1.54) is 6.42 Å². The summed E-state index contributed by atoms with van der Waals surface area (Å²) >= 11 is 5.40. The van der Waals surface area contributed by atoms with Crippen molar-refractivity contribution in [2.75, 3.05) is 14.2 Å². The fourth-order valence-electron chi connectivity index (χ4n) is 3.40. The van der Waals surface area contributed by atoms with Gasteiger partial charge in [-0.15, -0.1) is 0 Å². The van der Waals surface area contributed by atoms with E-state index in [9.17, 15) is 4.79 Å². The third-order valence-corrected chi connectivity index (χ3v) is 4.88. The van der Waals surface area contributed by atoms with Gasteiger partial charge in [0.05, 0.1) is 14.2 Å². The van der Waals surface area contributed by atoms with E-state index >= 15 is 0 Å². The average Bonchev–Trinajstić information content (AvgIpc) is 2.89. The third kappa shape index (κ3) is 3.11. The van der Waals surface area contributed by atoms with Gasteiger partial charge in [-0.05, 0) is 37.2 Å². The summed E-state index contributed by atoms with van der Waals surface area (Å²) in [6.45, 7) is 0. The van der Waals surface area contributed by atoms with Crippen LogP contribution in [0.4, 0.5) is 0 Å². The maximum absolute atomic E-state index is 12.8. The first kappa shape index (κ1) is 16.8. The first-order valence-corrected chi connectivity index (χ1v) is 8.63. The zero-order valence-electron chi connectivity index (χ0n) is 14.0. The lowest BCUT2D eigenvalue weighted by Crippen LogP contribution is -2.41. The van der Waals surface area contributed by atoms with Crippen molar-refractivity contribution in [3.05, 3.63) is 29.5 Å². The number of ether oxygens (including phenoxy) is 2. The molecule has 0 radical (unpaired) electrons. The molecule has 2 fully saturated rings. The van der Waals surface area contributed by atoms with Gasteiger partial charge in [-0.1, -0.05) is 31.4 Å². The van der Waals surface area contributed by atoms with E-state index in [1.54, 1.807) is 25.2 Å². The van der Waals surface area contributed by atoms with Crippen LogP contribution >= 0.6 is 12.2 Å². The molecule has 1 saturated heterocycles. The summed E-state index contributed by atoms with van der Waals surface area (Å²) in [7, 11) is 3.18. The lowest BCUT2D eigenvalue weighted by atomic mass is 9.94. The number of hydrogen-bond acceptors (Lipinski definition) is 4. The summed E-state index contributed by atoms with van der Waals surface area (Å²) < 4.78 is 10.7. The highest BCUT2D eigenvalue weighted by molar-refractivity contribution is 7.80. The van der Waals surface area contributed by atoms with Crippen LogP contribution in [-0.4, -0.2) is 36.2 Å². The second kappa shape index (κ2) is 7.21. The van der Waals surface area contributed by atoms with Gasteiger partial charge in [-0.2, -0.15) is 0 Å². The lowest BCUT2D eigenvalue weighted by Gasteiger charge is -2.29. The molecule has 1 heterocycles. The Morgan fingerprint density at radius 2 is 1.96 bits per heavy atom. The lowest BCUT2D eigenvalue weighted by molar-refractivity contribution is -0.124. The van der Waals surface area contributed by atoms with Crippen molar-refractivity contribution in [3.63, 3.8) is 0 Å². The van der Waals surface area contributed by atoms with Crippen LogP contribution in [0.25, 0.3) is 6.08 Å². The van der Waals surface area contributed by atoms with Crippen LogP contribution in [0.1, 0.15) is 37.7 Å². The predicted molar refractivity (Wildman–Crippen MR) is 97.0 cm³/mol. The molecule has 2 aliphatic rings. The summed E-state index contributed by atoms with van der Waals surface area (Å²) in [5, 5.41) is 3.56. The average molecular weight is 346 g/mol. The minimum atomic E-state index is -0.0585. The largest absolute Gasteiger partial charge is 0.493 e. The number of nitrogens with zero attached hydrogens (tertiary/aromatic N) is 1. The van der Waals surface area contributed by atoms with Gasteiger partial charge in [-0.3, -0.25) is 9.69 Å². The zero-order valence-corrected chi connectivity index (χ0v) is 14.8. The van der Waals surface area contributed by atoms with Crippen molar-refractivity contribution in [1.82, 2.24) is 10.2 Å². The molecule has 0 bridgehead atoms. The molecule has 128 valence electrons. The minimum Gasteiger partial charge on any atom is -0.493 e. The summed E-state index contributed by atoms with van der Waals surface area (Å²) in [6, 6.07) is 5.79. The molecular formula is C18H22N2O3S. The predicted octanol–water partition coefficient (Wildman–Crippen LogP) is 3.09. The monoisotopic (exact) mass is 346 g/mol. The highest BCUT2D eigenvalue weighted by atomic mass is 32.1. The number of carbonyl (C=O) groups excluding carboxylic acids is 1. The number of para-hydroxylation sites is 1. The van der Waals surface area contributed by atoms with E-state index in [0.717, 1.165) is 31.2 Å². The molecule has 0 aromatic heterocycles. The molecule has 1 saturated carbocycles. The molecule has 1 aliphatic heterocycles. The molecule has 24 heavy (non-hydrogen) atoms. The van der Waals surface area contributed by atoms with Gasteiger partial charge in [0, 0.05) is 11.6 Å². The van der Waals surface area contributed by atoms with Crippen molar-refractivity contribution in [1.29, 1.82) is 0 Å². The van der Waals surface area contributed by atoms with E-state index in [-0.39, 0.29) is 11.9 Å². The molecule has 0 spiro atoms. The number of nitrogens with one attached hydrogen (secondary N) is 1. The van der Waals surface area contributed by atoms with Crippen LogP contribution in [0.3, 0.4) is 0 Å². The van der Waals surface area contributed by atoms with Gasteiger partial charge in [0.15, 0.2) is 16.6 Å². The molecule has 0 unspecified atom stereocenters. The minimum absolute atomic E-state index is 0.0585. The van der Waals surface area contributed by atoms with Crippen molar-refractivity contribution in [2.24, 2.45) is 0 Å². The van der Waals surface area contributed by atoms with E-state index < -0.39 is 0 Å². The van der Waals surface area contributed by atoms with E-state index in [0.29, 0.717) is 22.3 Å². The smallest absolute Gasteiger partial charge is 0.276 e. The number of thiocarbonyl (C=S) groups is 1. The Labute approximate surface area is 147 Å². The Balaban J connectivity index is 1.89. The first-order chi connectivity index (χ1) is 11.7. The third-order valence-electron chi connectivity index (χ3n) is 4.58. The van der Waals surface area contributed by atoms with E-state index in [4.69, 9.17) is 21.7 Å². The van der Waals surface area contributed by atoms with Crippen molar-refractivity contribution < 1.29 is 14.3 Å². The van der Waals surface area contributed by atoms with Crippen LogP contribution in [0.5, 0.6) is 11.5 Å². The summed E-state index contributed by atoms with van der Waals surface area (Å²) in [5.41, 5.74) is 1.26. The van der Waals surface area contributed by atoms with Gasteiger partial charge in [-0.25, -0.2) is 0 Å². The summed E-state index contributed by atoms with van der Waals surface area (Å²) in [4.78, 5) is 14.6. The number of carbonyl (C=O) groups is 1. The summed E-state index contributed by atoms with van der Waals surface area (Å²) in [6.07, 6.45) is 7.35. The number of rotatable bonds is 4. The highest BCUT2D eigenvalue weighted by Crippen LogP contribution is 2.33. The van der Waals surface area contributed by atoms with Gasteiger partial charge in [0.1, 0.15) is 5.70 Å². The molecule has 6 heteroatoms. The molecule has 1 amide bonds. The Hall–Kier alpha value is -2.08. The number of amides is 1. The molecule has 1 N–H and O–H groups in total. The van der Waals surface area contributed by atoms with E-state index in [1.807, 2.05) is 18.2 Å². The van der Waals surface area contributed by atoms with Gasteiger partial charge in [0.2, 0.25) is 0 Å². The molecular weight excluding hydrogens is 324 g/mol. The van der Waals surface area contributed by atoms with Crippen LogP contribution < -0.4 is 14.8 Å². The van der Waals surface area contributed by atoms with E-state index in [2.05, 4.69) is 5.32 Å². The zero-order chi connectivity index (χ0) is 17.1. The normalized spacial score (nSPS) is 20.4. The van der Waals surface area contributed by atoms with Crippen molar-refractivity contribution in [2.45, 2.75) is 38.1 Å². The van der Waals surface area contributed by atoms with Crippen LogP contribution in [0.2, 0.25) is 0 Å². The van der Waals surface area contributed by atoms with Gasteiger partial charge >= 0.3 is 0 Å². The molecule has 1 aromatic carbocycles. The number of methoxy groups -OCH3 is 2. The summed E-state index contributed by atoms with van der Waals surface area (Å²) in [5.74, 6) is 1.17. The first-order valence-electron chi connectivity index (χ1n) is 8.23. The Kier molecular flexibility index (Phi) is 5.04. The molecule has 1 aromatic rings. The maximum Gasteiger partial charge on any atom is 0.276 e. The highest BCUT2D eigenvalue weighted by Gasteiger charge is 2.36. The Morgan fingerprint density at radius 1 is 1.21 bits per heavy atom. The molecule has 0 atom stereocenters. The molecule has 5 nitrogen and oxygen atoms in total. The molecule has 1 aliphatic carbocycles.